The van der Waals surface area contributed by atoms with Crippen LogP contribution in [0.1, 0.15) is 33.6 Å². The number of amides is 2. The standard InChI is InChI=1S/C18H15N3O4/c1-12(20-21-18(23)16-8-4-10-25-16)13-5-2-6-14(11-13)19-17(22)15-7-3-9-24-15/h2-11H,1H3,(H,19,22)(H,21,23). The molecule has 2 N–H and O–H groups in total. The number of hydrogen-bond donors (Lipinski definition) is 2. The first kappa shape index (κ1) is 16.3. The minimum atomic E-state index is -0.438. The van der Waals surface area contributed by atoms with Crippen molar-refractivity contribution in [2.24, 2.45) is 5.10 Å². The van der Waals surface area contributed by atoms with E-state index < -0.39 is 5.91 Å². The maximum absolute atomic E-state index is 12.0. The minimum Gasteiger partial charge on any atom is -0.459 e. The van der Waals surface area contributed by atoms with Crippen molar-refractivity contribution >= 4 is 23.2 Å². The van der Waals surface area contributed by atoms with Crippen molar-refractivity contribution in [3.05, 3.63) is 78.1 Å². The zero-order valence-corrected chi connectivity index (χ0v) is 13.4. The molecule has 0 spiro atoms. The van der Waals surface area contributed by atoms with E-state index in [9.17, 15) is 9.59 Å². The summed E-state index contributed by atoms with van der Waals surface area (Å²) >= 11 is 0. The third kappa shape index (κ3) is 4.03. The highest BCUT2D eigenvalue weighted by Crippen LogP contribution is 2.13. The van der Waals surface area contributed by atoms with Crippen LogP contribution in [0.3, 0.4) is 0 Å². The van der Waals surface area contributed by atoms with Crippen LogP contribution >= 0.6 is 0 Å². The molecule has 0 saturated heterocycles. The van der Waals surface area contributed by atoms with Crippen molar-refractivity contribution in [2.45, 2.75) is 6.92 Å². The molecule has 1 aromatic carbocycles. The Bertz CT molecular complexity index is 896. The molecule has 126 valence electrons. The Morgan fingerprint density at radius 3 is 2.24 bits per heavy atom. The number of nitrogens with one attached hydrogen (secondary N) is 2. The van der Waals surface area contributed by atoms with Crippen LogP contribution in [0.2, 0.25) is 0 Å². The Labute approximate surface area is 143 Å². The van der Waals surface area contributed by atoms with Gasteiger partial charge in [0.2, 0.25) is 0 Å². The number of anilines is 1. The average Bonchev–Trinajstić information content (AvgIpc) is 3.33. The minimum absolute atomic E-state index is 0.177. The molecular weight excluding hydrogens is 322 g/mol. The van der Waals surface area contributed by atoms with Gasteiger partial charge in [-0.15, -0.1) is 0 Å². The van der Waals surface area contributed by atoms with E-state index in [1.165, 1.54) is 12.5 Å². The number of nitrogens with zero attached hydrogens (tertiary/aromatic N) is 1. The molecule has 0 unspecified atom stereocenters. The number of carbonyl (C=O) groups excluding carboxylic acids is 2. The first-order valence-corrected chi connectivity index (χ1v) is 7.47. The largest absolute Gasteiger partial charge is 0.459 e. The van der Waals surface area contributed by atoms with E-state index in [0.29, 0.717) is 11.4 Å². The maximum atomic E-state index is 12.0. The van der Waals surface area contributed by atoms with Crippen LogP contribution in [0.15, 0.2) is 75.0 Å². The Kier molecular flexibility index (Phi) is 4.75. The lowest BCUT2D eigenvalue weighted by molar-refractivity contribution is 0.0926. The zero-order chi connectivity index (χ0) is 17.6. The monoisotopic (exact) mass is 337 g/mol. The van der Waals surface area contributed by atoms with Crippen LogP contribution in [0.25, 0.3) is 0 Å². The normalized spacial score (nSPS) is 11.2. The van der Waals surface area contributed by atoms with Gasteiger partial charge in [0.25, 0.3) is 5.91 Å². The Morgan fingerprint density at radius 1 is 0.920 bits per heavy atom. The lowest BCUT2D eigenvalue weighted by Crippen LogP contribution is -2.18. The molecule has 7 nitrogen and oxygen atoms in total. The fourth-order valence-corrected chi connectivity index (χ4v) is 2.08. The van der Waals surface area contributed by atoms with Crippen molar-refractivity contribution in [1.82, 2.24) is 5.43 Å². The summed E-state index contributed by atoms with van der Waals surface area (Å²) in [4.78, 5) is 23.8. The number of furan rings is 2. The number of hydrogen-bond acceptors (Lipinski definition) is 5. The van der Waals surface area contributed by atoms with Crippen LogP contribution in [0.4, 0.5) is 5.69 Å². The van der Waals surface area contributed by atoms with Crippen molar-refractivity contribution in [3.63, 3.8) is 0 Å². The van der Waals surface area contributed by atoms with E-state index in [1.54, 1.807) is 49.4 Å². The summed E-state index contributed by atoms with van der Waals surface area (Å²) < 4.78 is 10.0. The van der Waals surface area contributed by atoms with Gasteiger partial charge >= 0.3 is 5.91 Å². The SMILES string of the molecule is CC(=NNC(=O)c1ccco1)c1cccc(NC(=O)c2ccco2)c1. The molecule has 2 aromatic heterocycles. The van der Waals surface area contributed by atoms with Gasteiger partial charge in [-0.3, -0.25) is 9.59 Å². The molecule has 3 aromatic rings. The first-order valence-electron chi connectivity index (χ1n) is 7.47. The van der Waals surface area contributed by atoms with E-state index in [4.69, 9.17) is 8.83 Å². The van der Waals surface area contributed by atoms with Gasteiger partial charge in [0.15, 0.2) is 11.5 Å². The van der Waals surface area contributed by atoms with Crippen LogP contribution in [0.5, 0.6) is 0 Å². The maximum Gasteiger partial charge on any atom is 0.307 e. The summed E-state index contributed by atoms with van der Waals surface area (Å²) in [6.45, 7) is 1.75. The molecule has 0 aliphatic rings. The van der Waals surface area contributed by atoms with E-state index in [1.807, 2.05) is 6.07 Å². The molecule has 0 saturated carbocycles. The number of carbonyl (C=O) groups is 2. The molecule has 0 fully saturated rings. The van der Waals surface area contributed by atoms with Gasteiger partial charge < -0.3 is 14.2 Å². The highest BCUT2D eigenvalue weighted by Gasteiger charge is 2.10. The summed E-state index contributed by atoms with van der Waals surface area (Å²) in [5.74, 6) is -0.382. The van der Waals surface area contributed by atoms with E-state index in [-0.39, 0.29) is 17.4 Å². The van der Waals surface area contributed by atoms with E-state index in [0.717, 1.165) is 5.56 Å². The summed E-state index contributed by atoms with van der Waals surface area (Å²) in [5, 5.41) is 6.78. The van der Waals surface area contributed by atoms with Gasteiger partial charge in [0, 0.05) is 5.69 Å². The molecule has 0 bridgehead atoms. The molecule has 0 atom stereocenters. The van der Waals surface area contributed by atoms with Gasteiger partial charge in [-0.05, 0) is 48.9 Å². The smallest absolute Gasteiger partial charge is 0.307 e. The number of hydrazone groups is 1. The molecule has 2 heterocycles. The van der Waals surface area contributed by atoms with Gasteiger partial charge in [0.1, 0.15) is 0 Å². The molecule has 2 amide bonds. The van der Waals surface area contributed by atoms with Crippen LogP contribution in [-0.4, -0.2) is 17.5 Å². The predicted molar refractivity (Wildman–Crippen MR) is 91.5 cm³/mol. The quantitative estimate of drug-likeness (QED) is 0.551. The predicted octanol–water partition coefficient (Wildman–Crippen LogP) is 3.28. The number of benzene rings is 1. The van der Waals surface area contributed by atoms with Crippen LogP contribution in [-0.2, 0) is 0 Å². The topological polar surface area (TPSA) is 96.8 Å². The van der Waals surface area contributed by atoms with Gasteiger partial charge in [-0.1, -0.05) is 12.1 Å². The summed E-state index contributed by atoms with van der Waals surface area (Å²) in [5.41, 5.74) is 4.33. The van der Waals surface area contributed by atoms with Crippen molar-refractivity contribution in [1.29, 1.82) is 0 Å². The molecule has 0 aliphatic carbocycles. The van der Waals surface area contributed by atoms with Gasteiger partial charge in [-0.2, -0.15) is 5.10 Å². The third-order valence-electron chi connectivity index (χ3n) is 3.35. The van der Waals surface area contributed by atoms with Gasteiger partial charge in [-0.25, -0.2) is 5.43 Å². The second-order valence-electron chi connectivity index (χ2n) is 5.13. The molecule has 3 rings (SSSR count). The Balaban J connectivity index is 1.68. The Morgan fingerprint density at radius 2 is 1.60 bits per heavy atom. The highest BCUT2D eigenvalue weighted by molar-refractivity contribution is 6.04. The molecule has 25 heavy (non-hydrogen) atoms. The molecule has 0 aliphatic heterocycles. The Hall–Kier alpha value is -3.61. The lowest BCUT2D eigenvalue weighted by atomic mass is 10.1. The van der Waals surface area contributed by atoms with E-state index in [2.05, 4.69) is 15.8 Å². The van der Waals surface area contributed by atoms with Crippen LogP contribution < -0.4 is 10.7 Å². The molecular formula is C18H15N3O4. The second kappa shape index (κ2) is 7.31. The van der Waals surface area contributed by atoms with Crippen LogP contribution in [0, 0.1) is 0 Å². The summed E-state index contributed by atoms with van der Waals surface area (Å²) in [7, 11) is 0. The summed E-state index contributed by atoms with van der Waals surface area (Å²) in [6.07, 6.45) is 2.85. The lowest BCUT2D eigenvalue weighted by Gasteiger charge is -2.06. The molecule has 7 heteroatoms. The highest BCUT2D eigenvalue weighted by atomic mass is 16.3. The molecule has 0 radical (unpaired) electrons. The first-order chi connectivity index (χ1) is 12.1. The third-order valence-corrected chi connectivity index (χ3v) is 3.35. The fraction of sp³-hybridized carbons (Fsp3) is 0.0556. The number of rotatable bonds is 5. The second-order valence-corrected chi connectivity index (χ2v) is 5.13. The summed E-state index contributed by atoms with van der Waals surface area (Å²) in [6, 6.07) is 13.5. The average molecular weight is 337 g/mol. The van der Waals surface area contributed by atoms with Gasteiger partial charge in [0.05, 0.1) is 18.2 Å². The van der Waals surface area contributed by atoms with Crippen molar-refractivity contribution in [2.75, 3.05) is 5.32 Å². The fourth-order valence-electron chi connectivity index (χ4n) is 2.08. The van der Waals surface area contributed by atoms with Crippen molar-refractivity contribution < 1.29 is 18.4 Å². The van der Waals surface area contributed by atoms with Crippen molar-refractivity contribution in [3.8, 4) is 0 Å². The van der Waals surface area contributed by atoms with E-state index >= 15 is 0 Å². The zero-order valence-electron chi connectivity index (χ0n) is 13.4.